The summed E-state index contributed by atoms with van der Waals surface area (Å²) in [7, 11) is 0. The molecule has 0 amide bonds. The fourth-order valence-electron chi connectivity index (χ4n) is 2.31. The molecule has 1 heterocycles. The minimum Gasteiger partial charge on any atom is -0.508 e. The van der Waals surface area contributed by atoms with E-state index in [1.165, 1.54) is 0 Å². The van der Waals surface area contributed by atoms with Crippen LogP contribution in [0.2, 0.25) is 0 Å². The summed E-state index contributed by atoms with van der Waals surface area (Å²) in [6.07, 6.45) is -0.215. The van der Waals surface area contributed by atoms with Crippen LogP contribution < -0.4 is 4.74 Å². The zero-order valence-electron chi connectivity index (χ0n) is 10.1. The van der Waals surface area contributed by atoms with Crippen molar-refractivity contribution < 1.29 is 14.9 Å². The predicted octanol–water partition coefficient (Wildman–Crippen LogP) is 3.71. The number of phenols is 1. The summed E-state index contributed by atoms with van der Waals surface area (Å²) in [5.41, 5.74) is 1.76. The molecule has 2 unspecified atom stereocenters. The Morgan fingerprint density at radius 1 is 1.11 bits per heavy atom. The van der Waals surface area contributed by atoms with Gasteiger partial charge >= 0.3 is 0 Å². The summed E-state index contributed by atoms with van der Waals surface area (Å²) in [5.74, 6) is 0.925. The highest BCUT2D eigenvalue weighted by Crippen LogP contribution is 2.41. The van der Waals surface area contributed by atoms with Gasteiger partial charge in [0.2, 0.25) is 0 Å². The predicted molar refractivity (Wildman–Crippen MR) is 75.2 cm³/mol. The van der Waals surface area contributed by atoms with Crippen molar-refractivity contribution in [3.05, 3.63) is 58.1 Å². The lowest BCUT2D eigenvalue weighted by molar-refractivity contribution is 0.0656. The third-order valence-electron chi connectivity index (χ3n) is 3.31. The number of hydrogen-bond acceptors (Lipinski definition) is 3. The molecule has 0 saturated carbocycles. The Balaban J connectivity index is 1.93. The number of hydrogen-bond donors (Lipinski definition) is 2. The smallest absolute Gasteiger partial charge is 0.127 e. The van der Waals surface area contributed by atoms with Gasteiger partial charge in [0.25, 0.3) is 0 Å². The first-order chi connectivity index (χ1) is 9.13. The SMILES string of the molecule is Oc1ccc(C2CC(O)c3ccc(Br)cc3O2)cc1. The highest BCUT2D eigenvalue weighted by molar-refractivity contribution is 9.10. The molecular formula is C15H13BrO3. The number of rotatable bonds is 1. The molecule has 3 rings (SSSR count). The quantitative estimate of drug-likeness (QED) is 0.842. The first-order valence-electron chi connectivity index (χ1n) is 6.06. The molecule has 19 heavy (non-hydrogen) atoms. The molecule has 2 N–H and O–H groups in total. The Hall–Kier alpha value is -1.52. The van der Waals surface area contributed by atoms with E-state index in [1.54, 1.807) is 12.1 Å². The monoisotopic (exact) mass is 320 g/mol. The highest BCUT2D eigenvalue weighted by Gasteiger charge is 2.28. The van der Waals surface area contributed by atoms with Gasteiger partial charge in [-0.15, -0.1) is 0 Å². The molecule has 98 valence electrons. The van der Waals surface area contributed by atoms with Crippen LogP contribution in [0.25, 0.3) is 0 Å². The van der Waals surface area contributed by atoms with Crippen molar-refractivity contribution >= 4 is 15.9 Å². The summed E-state index contributed by atoms with van der Waals surface area (Å²) in [6, 6.07) is 12.5. The molecule has 1 aliphatic heterocycles. The van der Waals surface area contributed by atoms with Crippen molar-refractivity contribution in [2.24, 2.45) is 0 Å². The molecule has 0 aromatic heterocycles. The molecule has 0 saturated heterocycles. The molecule has 0 spiro atoms. The van der Waals surface area contributed by atoms with Gasteiger partial charge in [-0.2, -0.15) is 0 Å². The van der Waals surface area contributed by atoms with Crippen LogP contribution in [0.1, 0.15) is 29.8 Å². The number of fused-ring (bicyclic) bond motifs is 1. The van der Waals surface area contributed by atoms with Crippen LogP contribution in [0, 0.1) is 0 Å². The third-order valence-corrected chi connectivity index (χ3v) is 3.80. The fraction of sp³-hybridized carbons (Fsp3) is 0.200. The van der Waals surface area contributed by atoms with Crippen LogP contribution in [0.15, 0.2) is 46.9 Å². The Morgan fingerprint density at radius 3 is 2.58 bits per heavy atom. The molecule has 2 atom stereocenters. The molecule has 2 aromatic rings. The molecule has 4 heteroatoms. The first-order valence-corrected chi connectivity index (χ1v) is 6.86. The summed E-state index contributed by atoms with van der Waals surface area (Å²) in [5, 5.41) is 19.5. The number of aliphatic hydroxyl groups is 1. The van der Waals surface area contributed by atoms with E-state index in [4.69, 9.17) is 4.74 Å². The zero-order valence-corrected chi connectivity index (χ0v) is 11.7. The molecular weight excluding hydrogens is 308 g/mol. The number of aliphatic hydroxyl groups excluding tert-OH is 1. The van der Waals surface area contributed by atoms with Crippen molar-refractivity contribution in [1.82, 2.24) is 0 Å². The first kappa shape index (κ1) is 12.5. The van der Waals surface area contributed by atoms with Gasteiger partial charge in [-0.05, 0) is 29.8 Å². The van der Waals surface area contributed by atoms with Gasteiger partial charge in [0, 0.05) is 16.5 Å². The van der Waals surface area contributed by atoms with Gasteiger partial charge in [0.05, 0.1) is 6.10 Å². The molecule has 0 radical (unpaired) electrons. The molecule has 1 aliphatic rings. The van der Waals surface area contributed by atoms with E-state index >= 15 is 0 Å². The van der Waals surface area contributed by atoms with Crippen LogP contribution in [-0.4, -0.2) is 10.2 Å². The topological polar surface area (TPSA) is 49.7 Å². The molecule has 3 nitrogen and oxygen atoms in total. The number of aromatic hydroxyl groups is 1. The van der Waals surface area contributed by atoms with Crippen molar-refractivity contribution in [2.45, 2.75) is 18.6 Å². The maximum absolute atomic E-state index is 10.2. The van der Waals surface area contributed by atoms with Crippen molar-refractivity contribution in [1.29, 1.82) is 0 Å². The summed E-state index contributed by atoms with van der Waals surface area (Å²) < 4.78 is 6.86. The van der Waals surface area contributed by atoms with E-state index in [-0.39, 0.29) is 11.9 Å². The minimum atomic E-state index is -0.532. The van der Waals surface area contributed by atoms with E-state index in [0.29, 0.717) is 12.2 Å². The van der Waals surface area contributed by atoms with Gasteiger partial charge in [0.1, 0.15) is 17.6 Å². The van der Waals surface area contributed by atoms with Gasteiger partial charge in [0.15, 0.2) is 0 Å². The van der Waals surface area contributed by atoms with E-state index < -0.39 is 6.10 Å². The average Bonchev–Trinajstić information content (AvgIpc) is 2.38. The minimum absolute atomic E-state index is 0.197. The van der Waals surface area contributed by atoms with Crippen molar-refractivity contribution in [3.63, 3.8) is 0 Å². The van der Waals surface area contributed by atoms with E-state index in [1.807, 2.05) is 30.3 Å². The summed E-state index contributed by atoms with van der Waals surface area (Å²) in [4.78, 5) is 0. The number of phenolic OH excluding ortho intramolecular Hbond substituents is 1. The normalized spacial score (nSPS) is 21.6. The van der Waals surface area contributed by atoms with Crippen LogP contribution in [-0.2, 0) is 0 Å². The summed E-state index contributed by atoms with van der Waals surface area (Å²) in [6.45, 7) is 0. The van der Waals surface area contributed by atoms with Crippen LogP contribution in [0.4, 0.5) is 0 Å². The van der Waals surface area contributed by atoms with Gasteiger partial charge in [-0.1, -0.05) is 34.1 Å². The van der Waals surface area contributed by atoms with Gasteiger partial charge in [-0.25, -0.2) is 0 Å². The lowest BCUT2D eigenvalue weighted by Crippen LogP contribution is -2.18. The Morgan fingerprint density at radius 2 is 1.84 bits per heavy atom. The Bertz CT molecular complexity index is 595. The fourth-order valence-corrected chi connectivity index (χ4v) is 2.65. The van der Waals surface area contributed by atoms with Crippen LogP contribution in [0.3, 0.4) is 0 Å². The van der Waals surface area contributed by atoms with Crippen LogP contribution in [0.5, 0.6) is 11.5 Å². The third kappa shape index (κ3) is 2.46. The molecule has 0 aliphatic carbocycles. The Kier molecular flexibility index (Phi) is 3.21. The molecule has 0 fully saturated rings. The van der Waals surface area contributed by atoms with Crippen molar-refractivity contribution in [3.8, 4) is 11.5 Å². The average molecular weight is 321 g/mol. The maximum atomic E-state index is 10.2. The maximum Gasteiger partial charge on any atom is 0.127 e. The number of halogens is 1. The second kappa shape index (κ2) is 4.87. The Labute approximate surface area is 119 Å². The van der Waals surface area contributed by atoms with E-state index in [9.17, 15) is 10.2 Å². The second-order valence-electron chi connectivity index (χ2n) is 4.63. The lowest BCUT2D eigenvalue weighted by atomic mass is 9.95. The molecule has 0 bridgehead atoms. The zero-order chi connectivity index (χ0) is 13.4. The van der Waals surface area contributed by atoms with Gasteiger partial charge in [-0.3, -0.25) is 0 Å². The highest BCUT2D eigenvalue weighted by atomic mass is 79.9. The lowest BCUT2D eigenvalue weighted by Gasteiger charge is -2.30. The van der Waals surface area contributed by atoms with E-state index in [0.717, 1.165) is 15.6 Å². The molecule has 2 aromatic carbocycles. The summed E-state index contributed by atoms with van der Waals surface area (Å²) >= 11 is 3.40. The van der Waals surface area contributed by atoms with Gasteiger partial charge < -0.3 is 14.9 Å². The standard InChI is InChI=1S/C15H13BrO3/c16-10-3-6-12-13(18)8-14(19-15(12)7-10)9-1-4-11(17)5-2-9/h1-7,13-14,17-18H,8H2. The number of ether oxygens (including phenoxy) is 1. The second-order valence-corrected chi connectivity index (χ2v) is 5.55. The van der Waals surface area contributed by atoms with E-state index in [2.05, 4.69) is 15.9 Å². The largest absolute Gasteiger partial charge is 0.508 e. The number of benzene rings is 2. The van der Waals surface area contributed by atoms with Crippen LogP contribution >= 0.6 is 15.9 Å². The van der Waals surface area contributed by atoms with Crippen molar-refractivity contribution in [2.75, 3.05) is 0 Å².